The molecule has 1 amide bonds. The first kappa shape index (κ1) is 12.7. The van der Waals surface area contributed by atoms with Gasteiger partial charge in [0.15, 0.2) is 5.01 Å². The number of nitrogens with zero attached hydrogens (tertiary/aromatic N) is 1. The number of aromatic nitrogens is 1. The summed E-state index contributed by atoms with van der Waals surface area (Å²) < 4.78 is 13.4. The largest absolute Gasteiger partial charge is 0.392 e. The molecule has 2 rings (SSSR count). The van der Waals surface area contributed by atoms with Gasteiger partial charge in [-0.25, -0.2) is 9.37 Å². The molecule has 0 spiro atoms. The second-order valence-corrected chi connectivity index (χ2v) is 4.58. The van der Waals surface area contributed by atoms with Crippen molar-refractivity contribution < 1.29 is 14.3 Å². The van der Waals surface area contributed by atoms with Gasteiger partial charge in [-0.3, -0.25) is 4.79 Å². The van der Waals surface area contributed by atoms with Crippen molar-refractivity contribution in [2.45, 2.75) is 13.0 Å². The number of benzene rings is 1. The number of nitrogens with two attached hydrogens (primary N) is 1. The average molecular weight is 266 g/mol. The third-order valence-electron chi connectivity index (χ3n) is 2.51. The zero-order valence-electron chi connectivity index (χ0n) is 9.39. The molecular weight excluding hydrogens is 255 g/mol. The summed E-state index contributed by atoms with van der Waals surface area (Å²) in [4.78, 5) is 15.0. The smallest absolute Gasteiger partial charge is 0.277 e. The van der Waals surface area contributed by atoms with Gasteiger partial charge in [-0.05, 0) is 11.6 Å². The van der Waals surface area contributed by atoms with Crippen LogP contribution in [-0.4, -0.2) is 16.0 Å². The lowest BCUT2D eigenvalue weighted by atomic mass is 10.0. The SMILES string of the molecule is NC(=O)c1nc(Cc2cccc(F)c2CO)cs1. The van der Waals surface area contributed by atoms with Crippen molar-refractivity contribution in [2.24, 2.45) is 5.73 Å². The van der Waals surface area contributed by atoms with Crippen molar-refractivity contribution in [2.75, 3.05) is 0 Å². The molecule has 0 bridgehead atoms. The van der Waals surface area contributed by atoms with E-state index in [1.54, 1.807) is 17.5 Å². The molecule has 94 valence electrons. The van der Waals surface area contributed by atoms with Gasteiger partial charge in [0.05, 0.1) is 12.3 Å². The molecule has 6 heteroatoms. The molecule has 3 N–H and O–H groups in total. The average Bonchev–Trinajstić information content (AvgIpc) is 2.78. The number of aliphatic hydroxyl groups excluding tert-OH is 1. The molecule has 0 radical (unpaired) electrons. The number of carbonyl (C=O) groups excluding carboxylic acids is 1. The van der Waals surface area contributed by atoms with Crippen molar-refractivity contribution in [3.05, 3.63) is 51.2 Å². The van der Waals surface area contributed by atoms with Crippen molar-refractivity contribution in [3.8, 4) is 0 Å². The Hall–Kier alpha value is -1.79. The van der Waals surface area contributed by atoms with Crippen LogP contribution in [0.25, 0.3) is 0 Å². The fourth-order valence-electron chi connectivity index (χ4n) is 1.64. The molecule has 0 unspecified atom stereocenters. The standard InChI is InChI=1S/C12H11FN2O2S/c13-10-3-1-2-7(9(10)5-16)4-8-6-18-12(15-8)11(14)17/h1-3,6,16H,4-5H2,(H2,14,17). The fraction of sp³-hybridized carbons (Fsp3) is 0.167. The van der Waals surface area contributed by atoms with Gasteiger partial charge in [-0.2, -0.15) is 0 Å². The first-order valence-corrected chi connectivity index (χ1v) is 6.11. The van der Waals surface area contributed by atoms with Crippen molar-refractivity contribution in [3.63, 3.8) is 0 Å². The molecule has 1 aromatic carbocycles. The number of aliphatic hydroxyl groups is 1. The van der Waals surface area contributed by atoms with Crippen molar-refractivity contribution in [1.29, 1.82) is 0 Å². The molecule has 0 atom stereocenters. The van der Waals surface area contributed by atoms with Crippen LogP contribution in [0.3, 0.4) is 0 Å². The van der Waals surface area contributed by atoms with E-state index in [0.717, 1.165) is 11.3 Å². The van der Waals surface area contributed by atoms with E-state index < -0.39 is 11.7 Å². The first-order chi connectivity index (χ1) is 8.61. The van der Waals surface area contributed by atoms with Gasteiger partial charge < -0.3 is 10.8 Å². The van der Waals surface area contributed by atoms with E-state index in [9.17, 15) is 9.18 Å². The quantitative estimate of drug-likeness (QED) is 0.879. The zero-order chi connectivity index (χ0) is 13.1. The van der Waals surface area contributed by atoms with Gasteiger partial charge in [0.25, 0.3) is 5.91 Å². The predicted molar refractivity (Wildman–Crippen MR) is 65.8 cm³/mol. The zero-order valence-corrected chi connectivity index (χ0v) is 10.2. The van der Waals surface area contributed by atoms with E-state index in [1.165, 1.54) is 6.07 Å². The normalized spacial score (nSPS) is 10.6. The number of amides is 1. The van der Waals surface area contributed by atoms with E-state index in [2.05, 4.69) is 4.98 Å². The summed E-state index contributed by atoms with van der Waals surface area (Å²) in [6.45, 7) is -0.366. The molecule has 4 nitrogen and oxygen atoms in total. The van der Waals surface area contributed by atoms with Gasteiger partial charge in [-0.1, -0.05) is 12.1 Å². The molecule has 0 aliphatic carbocycles. The van der Waals surface area contributed by atoms with Gasteiger partial charge in [0.2, 0.25) is 0 Å². The summed E-state index contributed by atoms with van der Waals surface area (Å²) in [5.41, 5.74) is 6.65. The molecule has 0 saturated carbocycles. The van der Waals surface area contributed by atoms with Crippen LogP contribution in [0.2, 0.25) is 0 Å². The molecular formula is C12H11FN2O2S. The van der Waals surface area contributed by atoms with Gasteiger partial charge in [0, 0.05) is 17.4 Å². The Bertz CT molecular complexity index is 583. The second kappa shape index (κ2) is 5.24. The molecule has 2 aromatic rings. The minimum absolute atomic E-state index is 0.229. The number of hydrogen-bond donors (Lipinski definition) is 2. The number of carbonyl (C=O) groups is 1. The molecule has 1 heterocycles. The minimum atomic E-state index is -0.576. The maximum atomic E-state index is 13.4. The number of hydrogen-bond acceptors (Lipinski definition) is 4. The van der Waals surface area contributed by atoms with Gasteiger partial charge >= 0.3 is 0 Å². The summed E-state index contributed by atoms with van der Waals surface area (Å²) in [5, 5.41) is 11.1. The monoisotopic (exact) mass is 266 g/mol. The number of rotatable bonds is 4. The molecule has 0 aliphatic rings. The Kier molecular flexibility index (Phi) is 3.69. The van der Waals surface area contributed by atoms with Crippen LogP contribution in [-0.2, 0) is 13.0 Å². The minimum Gasteiger partial charge on any atom is -0.392 e. The lowest BCUT2D eigenvalue weighted by molar-refractivity contribution is 0.0999. The van der Waals surface area contributed by atoms with Crippen LogP contribution < -0.4 is 5.73 Å². The van der Waals surface area contributed by atoms with E-state index in [4.69, 9.17) is 10.8 Å². The van der Waals surface area contributed by atoms with Crippen LogP contribution in [0.4, 0.5) is 4.39 Å². The second-order valence-electron chi connectivity index (χ2n) is 3.72. The Morgan fingerprint density at radius 1 is 1.50 bits per heavy atom. The molecule has 0 fully saturated rings. The maximum absolute atomic E-state index is 13.4. The highest BCUT2D eigenvalue weighted by atomic mass is 32.1. The summed E-state index contributed by atoms with van der Waals surface area (Å²) in [5.74, 6) is -1.02. The van der Waals surface area contributed by atoms with Crippen LogP contribution in [0.15, 0.2) is 23.6 Å². The Morgan fingerprint density at radius 2 is 2.28 bits per heavy atom. The van der Waals surface area contributed by atoms with Crippen molar-refractivity contribution in [1.82, 2.24) is 4.98 Å². The van der Waals surface area contributed by atoms with Crippen LogP contribution in [0.5, 0.6) is 0 Å². The number of thiazole rings is 1. The lowest BCUT2D eigenvalue weighted by Gasteiger charge is -2.06. The van der Waals surface area contributed by atoms with E-state index >= 15 is 0 Å². The highest BCUT2D eigenvalue weighted by Crippen LogP contribution is 2.19. The Balaban J connectivity index is 2.28. The van der Waals surface area contributed by atoms with Crippen LogP contribution in [0, 0.1) is 5.82 Å². The summed E-state index contributed by atoms with van der Waals surface area (Å²) in [7, 11) is 0. The Labute approximate surface area is 107 Å². The summed E-state index contributed by atoms with van der Waals surface area (Å²) >= 11 is 1.15. The molecule has 18 heavy (non-hydrogen) atoms. The van der Waals surface area contributed by atoms with E-state index in [0.29, 0.717) is 17.7 Å². The van der Waals surface area contributed by atoms with Crippen LogP contribution in [0.1, 0.15) is 26.6 Å². The third kappa shape index (κ3) is 2.55. The summed E-state index contributed by atoms with van der Waals surface area (Å²) in [6, 6.07) is 4.59. The van der Waals surface area contributed by atoms with E-state index in [1.807, 2.05) is 0 Å². The number of halogens is 1. The molecule has 1 aromatic heterocycles. The van der Waals surface area contributed by atoms with E-state index in [-0.39, 0.29) is 17.2 Å². The topological polar surface area (TPSA) is 76.2 Å². The maximum Gasteiger partial charge on any atom is 0.277 e. The highest BCUT2D eigenvalue weighted by Gasteiger charge is 2.11. The summed E-state index contributed by atoms with van der Waals surface area (Å²) in [6.07, 6.45) is 0.359. The fourth-order valence-corrected chi connectivity index (χ4v) is 2.31. The Morgan fingerprint density at radius 3 is 2.89 bits per heavy atom. The van der Waals surface area contributed by atoms with Gasteiger partial charge in [0.1, 0.15) is 5.82 Å². The predicted octanol–water partition coefficient (Wildman–Crippen LogP) is 1.46. The number of primary amides is 1. The lowest BCUT2D eigenvalue weighted by Crippen LogP contribution is -2.10. The van der Waals surface area contributed by atoms with Crippen LogP contribution >= 0.6 is 11.3 Å². The molecule has 0 saturated heterocycles. The molecule has 0 aliphatic heterocycles. The van der Waals surface area contributed by atoms with Crippen molar-refractivity contribution >= 4 is 17.2 Å². The first-order valence-electron chi connectivity index (χ1n) is 5.23. The highest BCUT2D eigenvalue weighted by molar-refractivity contribution is 7.11. The van der Waals surface area contributed by atoms with Gasteiger partial charge in [-0.15, -0.1) is 11.3 Å². The third-order valence-corrected chi connectivity index (χ3v) is 3.41.